The number of hydrogen-bond acceptors (Lipinski definition) is 3. The van der Waals surface area contributed by atoms with Gasteiger partial charge in [-0.15, -0.1) is 0 Å². The molecular weight excluding hydrogens is 360 g/mol. The lowest BCUT2D eigenvalue weighted by atomic mass is 9.70. The zero-order chi connectivity index (χ0) is 20.2. The molecule has 27 heavy (non-hydrogen) atoms. The zero-order valence-corrected chi connectivity index (χ0v) is 17.6. The fraction of sp³-hybridized carbons (Fsp3) is 0.435. The van der Waals surface area contributed by atoms with Crippen LogP contribution in [0.15, 0.2) is 42.5 Å². The summed E-state index contributed by atoms with van der Waals surface area (Å²) < 4.78 is 5.67. The van der Waals surface area contributed by atoms with Crippen LogP contribution in [0.25, 0.3) is 0 Å². The Labute approximate surface area is 167 Å². The van der Waals surface area contributed by atoms with Gasteiger partial charge < -0.3 is 9.84 Å². The lowest BCUT2D eigenvalue weighted by Gasteiger charge is -2.33. The van der Waals surface area contributed by atoms with E-state index in [1.165, 1.54) is 0 Å². The first-order chi connectivity index (χ1) is 12.6. The number of phenols is 1. The molecule has 0 bridgehead atoms. The molecule has 0 aliphatic heterocycles. The van der Waals surface area contributed by atoms with Gasteiger partial charge in [0.25, 0.3) is 0 Å². The molecule has 4 heteroatoms. The second-order valence-corrected chi connectivity index (χ2v) is 8.35. The van der Waals surface area contributed by atoms with Gasteiger partial charge in [-0.25, -0.2) is 0 Å². The van der Waals surface area contributed by atoms with E-state index in [0.717, 1.165) is 24.0 Å². The molecule has 0 heterocycles. The summed E-state index contributed by atoms with van der Waals surface area (Å²) in [5.41, 5.74) is 1.60. The van der Waals surface area contributed by atoms with Crippen LogP contribution in [0.5, 0.6) is 11.5 Å². The summed E-state index contributed by atoms with van der Waals surface area (Å²) in [7, 11) is 0. The van der Waals surface area contributed by atoms with Crippen molar-refractivity contribution in [3.8, 4) is 11.5 Å². The Bertz CT molecular complexity index is 784. The van der Waals surface area contributed by atoms with Gasteiger partial charge in [-0.1, -0.05) is 64.4 Å². The number of halogens is 1. The first-order valence-electron chi connectivity index (χ1n) is 9.39. The molecule has 0 atom stereocenters. The lowest BCUT2D eigenvalue weighted by Crippen LogP contribution is -2.27. The Balaban J connectivity index is 2.33. The average Bonchev–Trinajstić information content (AvgIpc) is 2.62. The van der Waals surface area contributed by atoms with Crippen LogP contribution in [-0.4, -0.2) is 17.5 Å². The molecule has 0 aromatic heterocycles. The number of ketones is 1. The molecule has 0 saturated carbocycles. The molecule has 0 amide bonds. The van der Waals surface area contributed by atoms with Crippen molar-refractivity contribution in [1.29, 1.82) is 0 Å². The Morgan fingerprint density at radius 3 is 2.04 bits per heavy atom. The number of aromatic hydroxyl groups is 1. The highest BCUT2D eigenvalue weighted by atomic mass is 35.5. The van der Waals surface area contributed by atoms with Gasteiger partial charge in [0.2, 0.25) is 0 Å². The van der Waals surface area contributed by atoms with Crippen molar-refractivity contribution >= 4 is 17.4 Å². The molecule has 0 unspecified atom stereocenters. The van der Waals surface area contributed by atoms with Gasteiger partial charge in [-0.2, -0.15) is 0 Å². The van der Waals surface area contributed by atoms with Crippen LogP contribution in [0.4, 0.5) is 0 Å². The molecule has 0 spiro atoms. The fourth-order valence-corrected chi connectivity index (χ4v) is 3.52. The fourth-order valence-electron chi connectivity index (χ4n) is 3.29. The van der Waals surface area contributed by atoms with Gasteiger partial charge >= 0.3 is 0 Å². The number of benzene rings is 2. The Hall–Kier alpha value is -2.00. The van der Waals surface area contributed by atoms with Crippen LogP contribution in [0.3, 0.4) is 0 Å². The largest absolute Gasteiger partial charge is 0.508 e. The van der Waals surface area contributed by atoms with Crippen molar-refractivity contribution < 1.29 is 14.6 Å². The Kier molecular flexibility index (Phi) is 6.59. The summed E-state index contributed by atoms with van der Waals surface area (Å²) in [6, 6.07) is 13.1. The smallest absolute Gasteiger partial charge is 0.175 e. The van der Waals surface area contributed by atoms with Gasteiger partial charge in [-0.05, 0) is 48.2 Å². The van der Waals surface area contributed by atoms with Crippen LogP contribution in [0, 0.1) is 5.41 Å². The SMILES string of the molecule is CCC(CC)(c1ccc(O)cc1)c1ccc(OCC(=O)C(C)(C)C)c(Cl)c1. The maximum absolute atomic E-state index is 12.1. The Morgan fingerprint density at radius 1 is 1.00 bits per heavy atom. The van der Waals surface area contributed by atoms with Crippen molar-refractivity contribution in [2.24, 2.45) is 5.41 Å². The predicted molar refractivity (Wildman–Crippen MR) is 111 cm³/mol. The molecule has 146 valence electrons. The second-order valence-electron chi connectivity index (χ2n) is 7.94. The molecule has 3 nitrogen and oxygen atoms in total. The van der Waals surface area contributed by atoms with E-state index in [1.54, 1.807) is 12.1 Å². The van der Waals surface area contributed by atoms with E-state index in [2.05, 4.69) is 13.8 Å². The van der Waals surface area contributed by atoms with E-state index >= 15 is 0 Å². The van der Waals surface area contributed by atoms with E-state index in [-0.39, 0.29) is 23.6 Å². The number of carbonyl (C=O) groups is 1. The van der Waals surface area contributed by atoms with E-state index in [1.807, 2.05) is 51.1 Å². The van der Waals surface area contributed by atoms with Crippen LogP contribution < -0.4 is 4.74 Å². The highest BCUT2D eigenvalue weighted by Gasteiger charge is 2.31. The number of phenolic OH excluding ortho intramolecular Hbond substituents is 1. The molecule has 0 aliphatic rings. The number of ether oxygens (including phenoxy) is 1. The number of rotatable bonds is 7. The maximum Gasteiger partial charge on any atom is 0.175 e. The van der Waals surface area contributed by atoms with Crippen molar-refractivity contribution in [1.82, 2.24) is 0 Å². The van der Waals surface area contributed by atoms with Gasteiger partial charge in [0, 0.05) is 10.8 Å². The van der Waals surface area contributed by atoms with Gasteiger partial charge in [-0.3, -0.25) is 4.79 Å². The summed E-state index contributed by atoms with van der Waals surface area (Å²) in [5, 5.41) is 10.1. The number of hydrogen-bond donors (Lipinski definition) is 1. The summed E-state index contributed by atoms with van der Waals surface area (Å²) in [6.07, 6.45) is 1.79. The molecule has 2 aromatic carbocycles. The molecule has 0 fully saturated rings. The third-order valence-corrected chi connectivity index (χ3v) is 5.60. The third-order valence-electron chi connectivity index (χ3n) is 5.31. The molecule has 0 aliphatic carbocycles. The standard InChI is InChI=1S/C23H29ClO3/c1-6-23(7-2,16-8-11-18(25)12-9-16)17-10-13-20(19(24)14-17)27-15-21(26)22(3,4)5/h8-14,25H,6-7,15H2,1-5H3. The summed E-state index contributed by atoms with van der Waals surface area (Å²) >= 11 is 6.48. The summed E-state index contributed by atoms with van der Waals surface area (Å²) in [4.78, 5) is 12.1. The van der Waals surface area contributed by atoms with Crippen LogP contribution in [-0.2, 0) is 10.2 Å². The minimum Gasteiger partial charge on any atom is -0.508 e. The van der Waals surface area contributed by atoms with Gasteiger partial charge in [0.1, 0.15) is 18.1 Å². The van der Waals surface area contributed by atoms with E-state index < -0.39 is 5.41 Å². The highest BCUT2D eigenvalue weighted by Crippen LogP contribution is 2.41. The van der Waals surface area contributed by atoms with Crippen molar-refractivity contribution in [3.63, 3.8) is 0 Å². The quantitative estimate of drug-likeness (QED) is 0.619. The van der Waals surface area contributed by atoms with Crippen molar-refractivity contribution in [2.45, 2.75) is 52.9 Å². The molecule has 0 saturated heterocycles. The molecular formula is C23H29ClO3. The van der Waals surface area contributed by atoms with Crippen molar-refractivity contribution in [3.05, 3.63) is 58.6 Å². The molecule has 0 radical (unpaired) electrons. The monoisotopic (exact) mass is 388 g/mol. The lowest BCUT2D eigenvalue weighted by molar-refractivity contribution is -0.128. The van der Waals surface area contributed by atoms with E-state index in [4.69, 9.17) is 16.3 Å². The molecule has 1 N–H and O–H groups in total. The third kappa shape index (κ3) is 4.65. The minimum atomic E-state index is -0.440. The van der Waals surface area contributed by atoms with E-state index in [0.29, 0.717) is 10.8 Å². The molecule has 2 aromatic rings. The maximum atomic E-state index is 12.1. The highest BCUT2D eigenvalue weighted by molar-refractivity contribution is 6.32. The van der Waals surface area contributed by atoms with Crippen LogP contribution >= 0.6 is 11.6 Å². The normalized spacial score (nSPS) is 12.1. The number of carbonyl (C=O) groups excluding carboxylic acids is 1. The van der Waals surface area contributed by atoms with Crippen LogP contribution in [0.2, 0.25) is 5.02 Å². The Morgan fingerprint density at radius 2 is 1.56 bits per heavy atom. The van der Waals surface area contributed by atoms with Gasteiger partial charge in [0.15, 0.2) is 5.78 Å². The van der Waals surface area contributed by atoms with Crippen molar-refractivity contribution in [2.75, 3.05) is 6.61 Å². The first kappa shape index (κ1) is 21.3. The first-order valence-corrected chi connectivity index (χ1v) is 9.77. The topological polar surface area (TPSA) is 46.5 Å². The molecule has 2 rings (SSSR count). The zero-order valence-electron chi connectivity index (χ0n) is 16.8. The minimum absolute atomic E-state index is 0.00717. The number of Topliss-reactive ketones (excluding diaryl/α,β-unsaturated/α-hetero) is 1. The van der Waals surface area contributed by atoms with Crippen LogP contribution in [0.1, 0.15) is 58.6 Å². The van der Waals surface area contributed by atoms with Gasteiger partial charge in [0.05, 0.1) is 5.02 Å². The summed E-state index contributed by atoms with van der Waals surface area (Å²) in [5.74, 6) is 0.804. The predicted octanol–water partition coefficient (Wildman–Crippen LogP) is 6.15. The van der Waals surface area contributed by atoms with E-state index in [9.17, 15) is 9.90 Å². The summed E-state index contributed by atoms with van der Waals surface area (Å²) in [6.45, 7) is 9.92. The second kappa shape index (κ2) is 8.35. The average molecular weight is 389 g/mol.